The summed E-state index contributed by atoms with van der Waals surface area (Å²) in [6.07, 6.45) is 3.84. The largest absolute Gasteiger partial charge is 0.327 e. The third kappa shape index (κ3) is 4.39. The van der Waals surface area contributed by atoms with Gasteiger partial charge in [0, 0.05) is 0 Å². The van der Waals surface area contributed by atoms with E-state index in [1.54, 1.807) is 24.3 Å². The lowest BCUT2D eigenvalue weighted by atomic mass is 9.94. The molecule has 2 aromatic carbocycles. The van der Waals surface area contributed by atoms with Gasteiger partial charge in [-0.1, -0.05) is 24.3 Å². The van der Waals surface area contributed by atoms with E-state index in [1.165, 1.54) is 4.90 Å². The van der Waals surface area contributed by atoms with Gasteiger partial charge in [-0.2, -0.15) is 10.5 Å². The Morgan fingerprint density at radius 1 is 0.852 bits per heavy atom. The van der Waals surface area contributed by atoms with Crippen molar-refractivity contribution >= 4 is 17.9 Å². The van der Waals surface area contributed by atoms with Gasteiger partial charge in [0.25, 0.3) is 0 Å². The summed E-state index contributed by atoms with van der Waals surface area (Å²) in [5.74, 6) is 0.0703. The third-order valence-electron chi connectivity index (χ3n) is 4.73. The van der Waals surface area contributed by atoms with Crippen LogP contribution in [0.1, 0.15) is 29.2 Å². The molecule has 1 saturated heterocycles. The van der Waals surface area contributed by atoms with Crippen molar-refractivity contribution < 1.29 is 9.69 Å². The van der Waals surface area contributed by atoms with Crippen LogP contribution >= 0.6 is 0 Å². The first-order valence-electron chi connectivity index (χ1n) is 8.92. The molecule has 1 aliphatic rings. The number of piperidine rings is 1. The van der Waals surface area contributed by atoms with Gasteiger partial charge in [0.2, 0.25) is 0 Å². The van der Waals surface area contributed by atoms with Gasteiger partial charge < -0.3 is 4.90 Å². The van der Waals surface area contributed by atoms with Crippen LogP contribution in [-0.4, -0.2) is 25.4 Å². The normalized spacial score (nSPS) is 19.7. The second-order valence-corrected chi connectivity index (χ2v) is 6.59. The average molecular weight is 354 g/mol. The molecule has 0 spiro atoms. The monoisotopic (exact) mass is 354 g/mol. The second kappa shape index (κ2) is 8.27. The SMILES string of the molecule is CC[NH+]1C/C(=C/c2ccc(C#N)cc2)C(=O)/C(=C/c2ccc(C#N)cc2)C1. The summed E-state index contributed by atoms with van der Waals surface area (Å²) in [4.78, 5) is 14.3. The first-order chi connectivity index (χ1) is 13.1. The van der Waals surface area contributed by atoms with Crippen molar-refractivity contribution in [2.45, 2.75) is 6.92 Å². The van der Waals surface area contributed by atoms with Crippen LogP contribution in [0.3, 0.4) is 0 Å². The maximum atomic E-state index is 13.0. The number of nitrogens with zero attached hydrogens (tertiary/aromatic N) is 2. The molecule has 1 unspecified atom stereocenters. The highest BCUT2D eigenvalue weighted by Gasteiger charge is 2.28. The first-order valence-corrected chi connectivity index (χ1v) is 8.92. The summed E-state index contributed by atoms with van der Waals surface area (Å²) in [6, 6.07) is 18.7. The molecule has 1 atom stereocenters. The zero-order valence-electron chi connectivity index (χ0n) is 15.2. The minimum Gasteiger partial charge on any atom is -0.327 e. The molecule has 27 heavy (non-hydrogen) atoms. The van der Waals surface area contributed by atoms with Gasteiger partial charge in [0.05, 0.1) is 41.0 Å². The Morgan fingerprint density at radius 3 is 1.59 bits per heavy atom. The average Bonchev–Trinajstić information content (AvgIpc) is 2.72. The van der Waals surface area contributed by atoms with Crippen LogP contribution in [0.4, 0.5) is 0 Å². The van der Waals surface area contributed by atoms with Gasteiger partial charge in [0.1, 0.15) is 13.1 Å². The minimum atomic E-state index is 0.0703. The molecule has 4 nitrogen and oxygen atoms in total. The number of hydrogen-bond donors (Lipinski definition) is 1. The predicted octanol–water partition coefficient (Wildman–Crippen LogP) is 2.38. The van der Waals surface area contributed by atoms with Crippen LogP contribution in [0.5, 0.6) is 0 Å². The molecular formula is C23H20N3O+. The number of carbonyl (C=O) groups is 1. The van der Waals surface area contributed by atoms with E-state index in [0.717, 1.165) is 28.8 Å². The Balaban J connectivity index is 1.92. The van der Waals surface area contributed by atoms with Gasteiger partial charge in [0.15, 0.2) is 5.78 Å². The number of carbonyl (C=O) groups excluding carboxylic acids is 1. The highest BCUT2D eigenvalue weighted by Crippen LogP contribution is 2.17. The van der Waals surface area contributed by atoms with Crippen molar-refractivity contribution in [2.24, 2.45) is 0 Å². The Labute approximate surface area is 159 Å². The molecule has 132 valence electrons. The van der Waals surface area contributed by atoms with Crippen LogP contribution in [0, 0.1) is 22.7 Å². The summed E-state index contributed by atoms with van der Waals surface area (Å²) >= 11 is 0. The zero-order chi connectivity index (χ0) is 19.2. The fraction of sp³-hybridized carbons (Fsp3) is 0.174. The van der Waals surface area contributed by atoms with E-state index in [-0.39, 0.29) is 5.78 Å². The molecule has 0 aliphatic carbocycles. The lowest BCUT2D eigenvalue weighted by Crippen LogP contribution is -3.13. The molecule has 1 fully saturated rings. The molecule has 1 heterocycles. The Morgan fingerprint density at radius 2 is 1.26 bits per heavy atom. The number of nitrogens with one attached hydrogen (secondary N) is 1. The van der Waals surface area contributed by atoms with E-state index in [4.69, 9.17) is 10.5 Å². The van der Waals surface area contributed by atoms with Gasteiger partial charge in [-0.3, -0.25) is 4.79 Å². The number of ketones is 1. The summed E-state index contributed by atoms with van der Waals surface area (Å²) in [6.45, 7) is 4.44. The number of quaternary nitrogens is 1. The van der Waals surface area contributed by atoms with Crippen molar-refractivity contribution in [1.82, 2.24) is 0 Å². The van der Waals surface area contributed by atoms with E-state index in [9.17, 15) is 4.79 Å². The predicted molar refractivity (Wildman–Crippen MR) is 105 cm³/mol. The van der Waals surface area contributed by atoms with E-state index < -0.39 is 0 Å². The van der Waals surface area contributed by atoms with Crippen molar-refractivity contribution in [3.05, 3.63) is 81.9 Å². The molecule has 0 radical (unpaired) electrons. The van der Waals surface area contributed by atoms with Crippen LogP contribution < -0.4 is 4.90 Å². The molecule has 0 bridgehead atoms. The van der Waals surface area contributed by atoms with Gasteiger partial charge >= 0.3 is 0 Å². The topological polar surface area (TPSA) is 69.1 Å². The van der Waals surface area contributed by atoms with Crippen molar-refractivity contribution in [3.8, 4) is 12.1 Å². The highest BCUT2D eigenvalue weighted by molar-refractivity contribution is 6.14. The molecule has 0 saturated carbocycles. The first kappa shape index (κ1) is 18.3. The Bertz CT molecular complexity index is 904. The third-order valence-corrected chi connectivity index (χ3v) is 4.73. The smallest absolute Gasteiger partial charge is 0.196 e. The highest BCUT2D eigenvalue weighted by atomic mass is 16.1. The van der Waals surface area contributed by atoms with E-state index in [0.29, 0.717) is 24.2 Å². The number of Topliss-reactive ketones (excluding diaryl/α,β-unsaturated/α-hetero) is 1. The van der Waals surface area contributed by atoms with Crippen molar-refractivity contribution in [3.63, 3.8) is 0 Å². The van der Waals surface area contributed by atoms with Crippen LogP contribution in [0.2, 0.25) is 0 Å². The standard InChI is InChI=1S/C23H19N3O/c1-2-26-15-21(11-17-3-7-19(13-24)8-4-17)23(27)22(16-26)12-18-5-9-20(14-25)10-6-18/h3-12H,2,15-16H2,1H3/p+1/b21-11-,22-12+. The summed E-state index contributed by atoms with van der Waals surface area (Å²) in [5, 5.41) is 17.8. The van der Waals surface area contributed by atoms with Crippen molar-refractivity contribution in [2.75, 3.05) is 19.6 Å². The fourth-order valence-electron chi connectivity index (χ4n) is 3.16. The number of hydrogen-bond acceptors (Lipinski definition) is 3. The van der Waals surface area contributed by atoms with E-state index in [2.05, 4.69) is 19.1 Å². The van der Waals surface area contributed by atoms with Gasteiger partial charge in [-0.05, 0) is 54.5 Å². The van der Waals surface area contributed by atoms with Crippen LogP contribution in [0.15, 0.2) is 59.7 Å². The van der Waals surface area contributed by atoms with E-state index in [1.807, 2.05) is 36.4 Å². The molecule has 1 N–H and O–H groups in total. The molecule has 2 aromatic rings. The molecule has 4 heteroatoms. The number of rotatable bonds is 3. The zero-order valence-corrected chi connectivity index (χ0v) is 15.2. The minimum absolute atomic E-state index is 0.0703. The van der Waals surface area contributed by atoms with E-state index >= 15 is 0 Å². The molecule has 0 aromatic heterocycles. The quantitative estimate of drug-likeness (QED) is 0.861. The lowest BCUT2D eigenvalue weighted by Gasteiger charge is -2.25. The Kier molecular flexibility index (Phi) is 5.61. The van der Waals surface area contributed by atoms with Gasteiger partial charge in [-0.15, -0.1) is 0 Å². The maximum Gasteiger partial charge on any atom is 0.196 e. The summed E-state index contributed by atoms with van der Waals surface area (Å²) < 4.78 is 0. The lowest BCUT2D eigenvalue weighted by molar-refractivity contribution is -0.889. The van der Waals surface area contributed by atoms with Gasteiger partial charge in [-0.25, -0.2) is 0 Å². The van der Waals surface area contributed by atoms with Crippen molar-refractivity contribution in [1.29, 1.82) is 10.5 Å². The number of likely N-dealkylation sites (tertiary alicyclic amines) is 1. The molecule has 1 aliphatic heterocycles. The second-order valence-electron chi connectivity index (χ2n) is 6.59. The summed E-state index contributed by atoms with van der Waals surface area (Å²) in [7, 11) is 0. The van der Waals surface area contributed by atoms with Crippen LogP contribution in [-0.2, 0) is 4.79 Å². The Hall–Kier alpha value is -3.47. The number of likely N-dealkylation sites (N-methyl/N-ethyl adjacent to an activating group) is 1. The van der Waals surface area contributed by atoms with Crippen LogP contribution in [0.25, 0.3) is 12.2 Å². The number of benzene rings is 2. The summed E-state index contributed by atoms with van der Waals surface area (Å²) in [5.41, 5.74) is 4.62. The molecule has 0 amide bonds. The fourth-order valence-corrected chi connectivity index (χ4v) is 3.16. The molecular weight excluding hydrogens is 334 g/mol. The maximum absolute atomic E-state index is 13.0. The molecule has 3 rings (SSSR count). The number of nitriles is 2.